The van der Waals surface area contributed by atoms with E-state index in [2.05, 4.69) is 10.6 Å². The average molecular weight is 412 g/mol. The molecule has 0 spiro atoms. The van der Waals surface area contributed by atoms with E-state index in [9.17, 15) is 14.4 Å². The molecule has 0 fully saturated rings. The molecule has 150 valence electrons. The van der Waals surface area contributed by atoms with Crippen LogP contribution in [0.15, 0.2) is 41.0 Å². The summed E-state index contributed by atoms with van der Waals surface area (Å²) >= 11 is 1.01. The van der Waals surface area contributed by atoms with Gasteiger partial charge in [0.15, 0.2) is 5.76 Å². The zero-order valence-corrected chi connectivity index (χ0v) is 17.2. The first-order chi connectivity index (χ1) is 13.8. The maximum absolute atomic E-state index is 12.9. The van der Waals surface area contributed by atoms with E-state index in [1.165, 1.54) is 19.4 Å². The summed E-state index contributed by atoms with van der Waals surface area (Å²) in [5, 5.41) is 5.73. The highest BCUT2D eigenvalue weighted by molar-refractivity contribution is 7.19. The van der Waals surface area contributed by atoms with Crippen molar-refractivity contribution in [3.05, 3.63) is 69.5 Å². The third kappa shape index (κ3) is 4.22. The van der Waals surface area contributed by atoms with Crippen molar-refractivity contribution in [3.63, 3.8) is 0 Å². The first kappa shape index (κ1) is 20.3. The fraction of sp³-hybridized carbons (Fsp3) is 0.190. The number of hydrogen-bond donors (Lipinski definition) is 2. The monoisotopic (exact) mass is 412 g/mol. The topological polar surface area (TPSA) is 97.6 Å². The van der Waals surface area contributed by atoms with Crippen molar-refractivity contribution >= 4 is 39.8 Å². The van der Waals surface area contributed by atoms with E-state index >= 15 is 0 Å². The number of anilines is 2. The molecule has 2 aromatic heterocycles. The Labute approximate surface area is 171 Å². The molecule has 1 aromatic carbocycles. The third-order valence-corrected chi connectivity index (χ3v) is 5.56. The van der Waals surface area contributed by atoms with Gasteiger partial charge in [-0.1, -0.05) is 12.1 Å². The molecule has 0 radical (unpaired) electrons. The summed E-state index contributed by atoms with van der Waals surface area (Å²) in [4.78, 5) is 37.9. The molecule has 2 N–H and O–H groups in total. The summed E-state index contributed by atoms with van der Waals surface area (Å²) in [6.07, 6.45) is 1.37. The van der Waals surface area contributed by atoms with Crippen molar-refractivity contribution in [2.75, 3.05) is 17.7 Å². The first-order valence-electron chi connectivity index (χ1n) is 8.77. The predicted molar refractivity (Wildman–Crippen MR) is 111 cm³/mol. The maximum Gasteiger partial charge on any atom is 0.341 e. The fourth-order valence-corrected chi connectivity index (χ4v) is 3.87. The zero-order chi connectivity index (χ0) is 21.1. The second-order valence-electron chi connectivity index (χ2n) is 6.46. The quantitative estimate of drug-likeness (QED) is 0.599. The molecule has 8 heteroatoms. The molecule has 0 bridgehead atoms. The molecule has 0 aliphatic heterocycles. The molecule has 0 saturated carbocycles. The number of rotatable bonds is 5. The summed E-state index contributed by atoms with van der Waals surface area (Å²) in [6, 6.07) is 8.83. The van der Waals surface area contributed by atoms with Gasteiger partial charge in [0.05, 0.1) is 23.8 Å². The van der Waals surface area contributed by atoms with Gasteiger partial charge in [0.1, 0.15) is 5.00 Å². The molecule has 0 atom stereocenters. The Morgan fingerprint density at radius 3 is 2.45 bits per heavy atom. The largest absolute Gasteiger partial charge is 0.465 e. The lowest BCUT2D eigenvalue weighted by molar-refractivity contribution is 0.0601. The van der Waals surface area contributed by atoms with Crippen LogP contribution in [0.3, 0.4) is 0 Å². The van der Waals surface area contributed by atoms with Crippen LogP contribution in [0, 0.1) is 20.8 Å². The minimum absolute atomic E-state index is 0.0910. The number of thiophene rings is 1. The maximum atomic E-state index is 12.9. The Morgan fingerprint density at radius 2 is 1.79 bits per heavy atom. The van der Waals surface area contributed by atoms with Crippen LogP contribution in [0.5, 0.6) is 0 Å². The van der Waals surface area contributed by atoms with Gasteiger partial charge >= 0.3 is 5.97 Å². The van der Waals surface area contributed by atoms with E-state index in [1.807, 2.05) is 32.0 Å². The van der Waals surface area contributed by atoms with E-state index in [0.29, 0.717) is 16.1 Å². The van der Waals surface area contributed by atoms with E-state index < -0.39 is 11.9 Å². The molecular weight excluding hydrogens is 392 g/mol. The van der Waals surface area contributed by atoms with Crippen LogP contribution in [-0.2, 0) is 4.74 Å². The summed E-state index contributed by atoms with van der Waals surface area (Å²) in [5.41, 5.74) is 3.18. The van der Waals surface area contributed by atoms with Crippen LogP contribution in [0.25, 0.3) is 0 Å². The summed E-state index contributed by atoms with van der Waals surface area (Å²) in [6.45, 7) is 5.47. The molecule has 2 heterocycles. The zero-order valence-electron chi connectivity index (χ0n) is 16.4. The Bertz CT molecular complexity index is 1080. The van der Waals surface area contributed by atoms with Gasteiger partial charge in [-0.3, -0.25) is 9.59 Å². The van der Waals surface area contributed by atoms with E-state index in [0.717, 1.165) is 22.5 Å². The second-order valence-corrected chi connectivity index (χ2v) is 7.48. The van der Waals surface area contributed by atoms with Crippen molar-refractivity contribution in [3.8, 4) is 0 Å². The fourth-order valence-electron chi connectivity index (χ4n) is 2.79. The number of methoxy groups -OCH3 is 1. The SMILES string of the molecule is COC(=O)c1c(NC(=O)c2ccco2)sc(C(=O)Nc2cc(C)ccc2C)c1C. The molecular formula is C21H20N2O5S. The molecule has 7 nitrogen and oxygen atoms in total. The van der Waals surface area contributed by atoms with Gasteiger partial charge in [-0.15, -0.1) is 11.3 Å². The van der Waals surface area contributed by atoms with Crippen LogP contribution < -0.4 is 10.6 Å². The average Bonchev–Trinajstić information content (AvgIpc) is 3.32. The molecule has 3 aromatic rings. The van der Waals surface area contributed by atoms with Gasteiger partial charge < -0.3 is 19.8 Å². The van der Waals surface area contributed by atoms with Gasteiger partial charge in [0, 0.05) is 5.69 Å². The lowest BCUT2D eigenvalue weighted by atomic mass is 10.1. The van der Waals surface area contributed by atoms with Crippen molar-refractivity contribution in [1.29, 1.82) is 0 Å². The van der Waals surface area contributed by atoms with Crippen LogP contribution in [0.4, 0.5) is 10.7 Å². The van der Waals surface area contributed by atoms with Gasteiger partial charge in [0.2, 0.25) is 0 Å². The lowest BCUT2D eigenvalue weighted by Gasteiger charge is -2.09. The highest BCUT2D eigenvalue weighted by Gasteiger charge is 2.27. The number of furan rings is 1. The summed E-state index contributed by atoms with van der Waals surface area (Å²) in [7, 11) is 1.24. The number of nitrogens with one attached hydrogen (secondary N) is 2. The van der Waals surface area contributed by atoms with Gasteiger partial charge in [-0.25, -0.2) is 4.79 Å². The number of carbonyl (C=O) groups excluding carboxylic acids is 3. The number of aryl methyl sites for hydroxylation is 2. The number of ether oxygens (including phenoxy) is 1. The van der Waals surface area contributed by atoms with Crippen LogP contribution in [-0.4, -0.2) is 24.9 Å². The Morgan fingerprint density at radius 1 is 1.03 bits per heavy atom. The highest BCUT2D eigenvalue weighted by atomic mass is 32.1. The molecule has 0 saturated heterocycles. The summed E-state index contributed by atoms with van der Waals surface area (Å²) < 4.78 is 9.92. The predicted octanol–water partition coefficient (Wildman–Crippen LogP) is 4.56. The standard InChI is InChI=1S/C21H20N2O5S/c1-11-7-8-12(2)14(10-11)22-19(25)17-13(3)16(21(26)27-4)20(29-17)23-18(24)15-6-5-9-28-15/h5-10H,1-4H3,(H,22,25)(H,23,24). The first-order valence-corrected chi connectivity index (χ1v) is 9.58. The Hall–Kier alpha value is -3.39. The smallest absolute Gasteiger partial charge is 0.341 e. The van der Waals surface area contributed by atoms with Crippen molar-refractivity contribution in [2.45, 2.75) is 20.8 Å². The second kappa shape index (κ2) is 8.32. The molecule has 2 amide bonds. The van der Waals surface area contributed by atoms with Gasteiger partial charge in [0.25, 0.3) is 11.8 Å². The molecule has 0 unspecified atom stereocenters. The van der Waals surface area contributed by atoms with Crippen molar-refractivity contribution in [2.24, 2.45) is 0 Å². The van der Waals surface area contributed by atoms with E-state index in [4.69, 9.17) is 9.15 Å². The minimum atomic E-state index is -0.640. The lowest BCUT2D eigenvalue weighted by Crippen LogP contribution is -2.14. The van der Waals surface area contributed by atoms with Crippen molar-refractivity contribution in [1.82, 2.24) is 0 Å². The van der Waals surface area contributed by atoms with Crippen LogP contribution >= 0.6 is 11.3 Å². The number of esters is 1. The molecule has 0 aliphatic rings. The Balaban J connectivity index is 1.95. The number of carbonyl (C=O) groups is 3. The van der Waals surface area contributed by atoms with Crippen LogP contribution in [0.2, 0.25) is 0 Å². The molecule has 3 rings (SSSR count). The normalized spacial score (nSPS) is 10.5. The summed E-state index contributed by atoms with van der Waals surface area (Å²) in [5.74, 6) is -1.44. The Kier molecular flexibility index (Phi) is 5.84. The molecule has 29 heavy (non-hydrogen) atoms. The third-order valence-electron chi connectivity index (χ3n) is 4.36. The van der Waals surface area contributed by atoms with Gasteiger partial charge in [-0.05, 0) is 55.7 Å². The van der Waals surface area contributed by atoms with Crippen LogP contribution in [0.1, 0.15) is 47.3 Å². The van der Waals surface area contributed by atoms with E-state index in [1.54, 1.807) is 13.0 Å². The number of amides is 2. The highest BCUT2D eigenvalue weighted by Crippen LogP contribution is 2.35. The molecule has 0 aliphatic carbocycles. The number of benzene rings is 1. The van der Waals surface area contributed by atoms with E-state index in [-0.39, 0.29) is 22.2 Å². The van der Waals surface area contributed by atoms with Gasteiger partial charge in [-0.2, -0.15) is 0 Å². The number of hydrogen-bond acceptors (Lipinski definition) is 6. The van der Waals surface area contributed by atoms with Crippen molar-refractivity contribution < 1.29 is 23.5 Å². The minimum Gasteiger partial charge on any atom is -0.465 e.